The minimum atomic E-state index is -0.524. The zero-order valence-corrected chi connectivity index (χ0v) is 21.8. The second-order valence-electron chi connectivity index (χ2n) is 10.2. The Hall–Kier alpha value is -2.76. The molecule has 35 heavy (non-hydrogen) atoms. The van der Waals surface area contributed by atoms with E-state index in [0.717, 1.165) is 59.9 Å². The number of fused-ring (bicyclic) bond motifs is 2. The summed E-state index contributed by atoms with van der Waals surface area (Å²) < 4.78 is 5.55. The molecule has 0 spiro atoms. The van der Waals surface area contributed by atoms with Crippen molar-refractivity contribution in [3.05, 3.63) is 28.5 Å². The lowest BCUT2D eigenvalue weighted by atomic mass is 9.91. The van der Waals surface area contributed by atoms with Crippen LogP contribution < -0.4 is 10.6 Å². The topological polar surface area (TPSA) is 111 Å². The van der Waals surface area contributed by atoms with E-state index in [1.165, 1.54) is 0 Å². The lowest BCUT2D eigenvalue weighted by molar-refractivity contribution is 0.0489. The molecule has 1 saturated heterocycles. The maximum Gasteiger partial charge on any atom is 0.318 e. The predicted molar refractivity (Wildman–Crippen MR) is 137 cm³/mol. The Morgan fingerprint density at radius 2 is 2.09 bits per heavy atom. The number of hydrogen-bond acceptors (Lipinski definition) is 8. The number of H-pyrrole nitrogens is 1. The maximum atomic E-state index is 13.6. The van der Waals surface area contributed by atoms with Crippen LogP contribution >= 0.6 is 11.3 Å². The molecule has 2 amide bonds. The first-order chi connectivity index (χ1) is 16.7. The molecule has 0 saturated carbocycles. The fourth-order valence-electron chi connectivity index (χ4n) is 5.18. The molecule has 3 N–H and O–H groups in total. The van der Waals surface area contributed by atoms with E-state index in [4.69, 9.17) is 4.74 Å². The first kappa shape index (κ1) is 24.0. The van der Waals surface area contributed by atoms with Gasteiger partial charge in [-0.3, -0.25) is 5.10 Å². The van der Waals surface area contributed by atoms with Crippen molar-refractivity contribution >= 4 is 39.2 Å². The van der Waals surface area contributed by atoms with Crippen LogP contribution in [-0.2, 0) is 16.8 Å². The summed E-state index contributed by atoms with van der Waals surface area (Å²) in [4.78, 5) is 27.7. The van der Waals surface area contributed by atoms with Crippen molar-refractivity contribution in [1.29, 1.82) is 0 Å². The largest absolute Gasteiger partial charge is 0.381 e. The molecule has 0 bridgehead atoms. The first-order valence-corrected chi connectivity index (χ1v) is 13.0. The van der Waals surface area contributed by atoms with Gasteiger partial charge in [-0.1, -0.05) is 0 Å². The molecule has 188 valence electrons. The van der Waals surface area contributed by atoms with Crippen LogP contribution in [0, 0.1) is 12.8 Å². The van der Waals surface area contributed by atoms with Gasteiger partial charge in [-0.05, 0) is 65.1 Å². The van der Waals surface area contributed by atoms with Gasteiger partial charge in [-0.2, -0.15) is 5.10 Å². The molecule has 1 fully saturated rings. The number of urea groups is 1. The van der Waals surface area contributed by atoms with Crippen molar-refractivity contribution in [2.24, 2.45) is 5.92 Å². The second-order valence-corrected chi connectivity index (χ2v) is 11.1. The quantitative estimate of drug-likeness (QED) is 0.476. The van der Waals surface area contributed by atoms with Gasteiger partial charge in [0.15, 0.2) is 5.82 Å². The summed E-state index contributed by atoms with van der Waals surface area (Å²) in [5.74, 6) is 2.54. The summed E-state index contributed by atoms with van der Waals surface area (Å²) in [7, 11) is 4.10. The lowest BCUT2D eigenvalue weighted by Crippen LogP contribution is -2.54. The highest BCUT2D eigenvalue weighted by atomic mass is 32.1. The van der Waals surface area contributed by atoms with Crippen molar-refractivity contribution < 1.29 is 9.53 Å². The molecule has 0 aromatic carbocycles. The zero-order chi connectivity index (χ0) is 24.7. The Labute approximate surface area is 209 Å². The molecule has 11 heteroatoms. The lowest BCUT2D eigenvalue weighted by Gasteiger charge is -2.37. The van der Waals surface area contributed by atoms with Gasteiger partial charge >= 0.3 is 6.03 Å². The summed E-state index contributed by atoms with van der Waals surface area (Å²) >= 11 is 1.59. The smallest absolute Gasteiger partial charge is 0.318 e. The van der Waals surface area contributed by atoms with E-state index in [2.05, 4.69) is 49.5 Å². The van der Waals surface area contributed by atoms with E-state index in [1.54, 1.807) is 11.3 Å². The number of thiophene rings is 1. The fraction of sp³-hybridized carbons (Fsp3) is 0.583. The molecule has 3 aromatic heterocycles. The van der Waals surface area contributed by atoms with E-state index in [-0.39, 0.29) is 12.1 Å². The Bertz CT molecular complexity index is 1210. The van der Waals surface area contributed by atoms with E-state index in [1.807, 2.05) is 37.4 Å². The van der Waals surface area contributed by atoms with E-state index in [9.17, 15) is 4.79 Å². The van der Waals surface area contributed by atoms with Crippen LogP contribution in [0.5, 0.6) is 0 Å². The number of rotatable bonds is 6. The zero-order valence-electron chi connectivity index (χ0n) is 21.0. The number of amides is 2. The molecule has 5 rings (SSSR count). The fourth-order valence-corrected chi connectivity index (χ4v) is 5.98. The number of carbonyl (C=O) groups excluding carboxylic acids is 1. The number of nitrogens with zero attached hydrogens (tertiary/aromatic N) is 5. The maximum absolute atomic E-state index is 13.6. The van der Waals surface area contributed by atoms with Crippen LogP contribution in [0.1, 0.15) is 43.8 Å². The number of nitrogens with one attached hydrogen (secondary N) is 3. The standard InChI is InChI=1S/C24H34N8O2S/c1-14-25-20(16-8-11-35-22(16)26-14)28-21-17-12-32(24(2,3)19(17)29-30-21)23(33)27-18(13-31(4)5)15-6-9-34-10-7-15/h8,11,15,18H,6-7,9-10,12-13H2,1-5H3,(H,27,33)(H2,25,26,28,29,30)/t18-/m1/s1. The Balaban J connectivity index is 1.36. The Kier molecular flexibility index (Phi) is 6.41. The highest BCUT2D eigenvalue weighted by Gasteiger charge is 2.44. The minimum Gasteiger partial charge on any atom is -0.381 e. The molecule has 2 aliphatic rings. The molecule has 0 unspecified atom stereocenters. The summed E-state index contributed by atoms with van der Waals surface area (Å²) in [5.41, 5.74) is 1.40. The molecule has 0 radical (unpaired) electrons. The van der Waals surface area contributed by atoms with E-state index < -0.39 is 5.54 Å². The molecule has 0 aliphatic carbocycles. The molecule has 10 nitrogen and oxygen atoms in total. The molecule has 3 aromatic rings. The number of ether oxygens (including phenoxy) is 1. The van der Waals surface area contributed by atoms with Gasteiger partial charge < -0.3 is 25.2 Å². The van der Waals surface area contributed by atoms with Crippen molar-refractivity contribution in [1.82, 2.24) is 35.3 Å². The molecule has 5 heterocycles. The van der Waals surface area contributed by atoms with Crippen molar-refractivity contribution in [2.75, 3.05) is 39.2 Å². The third-order valence-corrected chi connectivity index (χ3v) is 7.90. The summed E-state index contributed by atoms with van der Waals surface area (Å²) in [6.45, 7) is 8.77. The van der Waals surface area contributed by atoms with Gasteiger partial charge in [0.25, 0.3) is 0 Å². The predicted octanol–water partition coefficient (Wildman–Crippen LogP) is 3.58. The van der Waals surface area contributed by atoms with Crippen LogP contribution in [0.15, 0.2) is 11.4 Å². The monoisotopic (exact) mass is 498 g/mol. The number of carbonyl (C=O) groups is 1. The molecular formula is C24H34N8O2S. The molecule has 1 atom stereocenters. The van der Waals surface area contributed by atoms with Gasteiger partial charge in [-0.15, -0.1) is 11.3 Å². The first-order valence-electron chi connectivity index (χ1n) is 12.1. The summed E-state index contributed by atoms with van der Waals surface area (Å²) in [6.07, 6.45) is 1.93. The third-order valence-electron chi connectivity index (χ3n) is 7.09. The van der Waals surface area contributed by atoms with Crippen LogP contribution in [0.2, 0.25) is 0 Å². The normalized spacial score (nSPS) is 18.7. The number of anilines is 2. The van der Waals surface area contributed by atoms with Crippen LogP contribution in [-0.4, -0.2) is 75.9 Å². The van der Waals surface area contributed by atoms with Gasteiger partial charge in [0.1, 0.15) is 16.5 Å². The minimum absolute atomic E-state index is 0.0537. The Morgan fingerprint density at radius 3 is 2.83 bits per heavy atom. The number of aryl methyl sites for hydroxylation is 1. The van der Waals surface area contributed by atoms with E-state index >= 15 is 0 Å². The molecule has 2 aliphatic heterocycles. The average Bonchev–Trinajstić information content (AvgIpc) is 3.50. The average molecular weight is 499 g/mol. The van der Waals surface area contributed by atoms with Gasteiger partial charge in [0.05, 0.1) is 23.2 Å². The highest BCUT2D eigenvalue weighted by Crippen LogP contribution is 2.41. The van der Waals surface area contributed by atoms with Crippen LogP contribution in [0.25, 0.3) is 10.2 Å². The summed E-state index contributed by atoms with van der Waals surface area (Å²) in [5, 5.41) is 17.5. The molecular weight excluding hydrogens is 464 g/mol. The Morgan fingerprint density at radius 1 is 1.31 bits per heavy atom. The van der Waals surface area contributed by atoms with Gasteiger partial charge in [0, 0.05) is 31.4 Å². The van der Waals surface area contributed by atoms with E-state index in [0.29, 0.717) is 24.1 Å². The van der Waals surface area contributed by atoms with Crippen molar-refractivity contribution in [3.63, 3.8) is 0 Å². The highest BCUT2D eigenvalue weighted by molar-refractivity contribution is 7.16. The van der Waals surface area contributed by atoms with Crippen molar-refractivity contribution in [2.45, 2.75) is 51.7 Å². The number of likely N-dealkylation sites (N-methyl/N-ethyl adjacent to an activating group) is 1. The number of aromatic amines is 1. The number of hydrogen-bond donors (Lipinski definition) is 3. The summed E-state index contributed by atoms with van der Waals surface area (Å²) in [6, 6.07) is 2.03. The third kappa shape index (κ3) is 4.60. The van der Waals surface area contributed by atoms with Gasteiger partial charge in [0.2, 0.25) is 0 Å². The number of aromatic nitrogens is 4. The van der Waals surface area contributed by atoms with Gasteiger partial charge in [-0.25, -0.2) is 14.8 Å². The van der Waals surface area contributed by atoms with Crippen LogP contribution in [0.3, 0.4) is 0 Å². The second kappa shape index (κ2) is 9.36. The SMILES string of the molecule is Cc1nc(Nc2n[nH]c3c2CN(C(=O)N[C@H](CN(C)C)C2CCOCC2)C3(C)C)c2ccsc2n1. The van der Waals surface area contributed by atoms with Crippen LogP contribution in [0.4, 0.5) is 16.4 Å². The van der Waals surface area contributed by atoms with Crippen molar-refractivity contribution in [3.8, 4) is 0 Å².